The maximum absolute atomic E-state index is 12.7. The first-order chi connectivity index (χ1) is 24.4. The number of para-hydroxylation sites is 1. The number of nitro benzene ring substituents is 1. The van der Waals surface area contributed by atoms with Gasteiger partial charge in [0.1, 0.15) is 16.6 Å². The summed E-state index contributed by atoms with van der Waals surface area (Å²) in [7, 11) is 0. The van der Waals surface area contributed by atoms with Crippen LogP contribution in [0.25, 0.3) is 22.2 Å². The van der Waals surface area contributed by atoms with Gasteiger partial charge >= 0.3 is 24.1 Å². The lowest BCUT2D eigenvalue weighted by Crippen LogP contribution is -2.17. The van der Waals surface area contributed by atoms with E-state index in [2.05, 4.69) is 15.5 Å². The topological polar surface area (TPSA) is 265 Å². The smallest absolute Gasteiger partial charge is 0.435 e. The lowest BCUT2D eigenvalue weighted by Gasteiger charge is -2.04. The van der Waals surface area contributed by atoms with E-state index >= 15 is 0 Å². The van der Waals surface area contributed by atoms with Crippen molar-refractivity contribution in [2.24, 2.45) is 0 Å². The molecule has 270 valence electrons. The van der Waals surface area contributed by atoms with Crippen molar-refractivity contribution < 1.29 is 56.7 Å². The summed E-state index contributed by atoms with van der Waals surface area (Å²) < 4.78 is 32.2. The summed E-state index contributed by atoms with van der Waals surface area (Å²) >= 11 is 0. The van der Waals surface area contributed by atoms with Crippen molar-refractivity contribution >= 4 is 69.6 Å². The fourth-order valence-electron chi connectivity index (χ4n) is 4.30. The number of carbonyl (C=O) groups is 5. The third kappa shape index (κ3) is 8.29. The molecule has 3 N–H and O–H groups in total. The third-order valence-corrected chi connectivity index (χ3v) is 6.47. The molecule has 51 heavy (non-hydrogen) atoms. The zero-order valence-corrected chi connectivity index (χ0v) is 27.8. The number of benzene rings is 1. The average molecular weight is 712 g/mol. The Balaban J connectivity index is 0.000000251. The zero-order chi connectivity index (χ0) is 37.2. The summed E-state index contributed by atoms with van der Waals surface area (Å²) in [6.07, 6.45) is -0.263. The first-order valence-corrected chi connectivity index (χ1v) is 15.5. The van der Waals surface area contributed by atoms with Crippen LogP contribution in [0.3, 0.4) is 0 Å². The maximum atomic E-state index is 12.7. The minimum absolute atomic E-state index is 0.00240. The second kappa shape index (κ2) is 16.6. The second-order valence-corrected chi connectivity index (χ2v) is 10.1. The fourth-order valence-corrected chi connectivity index (χ4v) is 4.30. The van der Waals surface area contributed by atoms with E-state index in [-0.39, 0.29) is 77.3 Å². The number of nitrogens with two attached hydrogens (primary N) is 1. The first kappa shape index (κ1) is 37.1. The van der Waals surface area contributed by atoms with Crippen molar-refractivity contribution in [3.05, 3.63) is 63.6 Å². The molecule has 4 heterocycles. The number of hydrogen-bond donors (Lipinski definition) is 2. The van der Waals surface area contributed by atoms with E-state index in [9.17, 15) is 34.1 Å². The largest absolute Gasteiger partial charge is 0.460 e. The van der Waals surface area contributed by atoms with Gasteiger partial charge in [0.15, 0.2) is 22.8 Å². The molecule has 0 saturated carbocycles. The van der Waals surface area contributed by atoms with E-state index in [4.69, 9.17) is 33.5 Å². The molecule has 0 aliphatic heterocycles. The number of furan rings is 2. The molecule has 0 atom stereocenters. The van der Waals surface area contributed by atoms with Crippen molar-refractivity contribution in [3.8, 4) is 0 Å². The van der Waals surface area contributed by atoms with Gasteiger partial charge < -0.3 is 38.8 Å². The quantitative estimate of drug-likeness (QED) is 0.0776. The number of nitrogen functional groups attached to an aromatic ring is 1. The van der Waals surface area contributed by atoms with Crippen LogP contribution in [0.5, 0.6) is 0 Å². The number of carbonyl (C=O) groups excluding carboxylic acids is 5. The number of nitro groups is 1. The molecule has 1 aromatic carbocycles. The number of aromatic nitrogens is 4. The molecule has 0 fully saturated rings. The molecular formula is C31H33N7O13. The number of amides is 1. The Kier molecular flexibility index (Phi) is 12.1. The van der Waals surface area contributed by atoms with Crippen LogP contribution < -0.4 is 11.1 Å². The number of rotatable bonds is 11. The highest BCUT2D eigenvalue weighted by Crippen LogP contribution is 2.29. The molecule has 1 amide bonds. The molecule has 0 unspecified atom stereocenters. The van der Waals surface area contributed by atoms with Gasteiger partial charge in [-0.3, -0.25) is 14.9 Å². The van der Waals surface area contributed by atoms with Crippen molar-refractivity contribution in [1.29, 1.82) is 0 Å². The molecule has 0 bridgehead atoms. The number of fused-ring (bicyclic) bond motifs is 2. The molecule has 4 aromatic heterocycles. The Morgan fingerprint density at radius 1 is 0.804 bits per heavy atom. The van der Waals surface area contributed by atoms with Gasteiger partial charge in [0.25, 0.3) is 11.6 Å². The highest BCUT2D eigenvalue weighted by molar-refractivity contribution is 6.10. The first-order valence-electron chi connectivity index (χ1n) is 15.5. The molecule has 20 heteroatoms. The van der Waals surface area contributed by atoms with Crippen LogP contribution in [-0.4, -0.2) is 80.9 Å². The van der Waals surface area contributed by atoms with Gasteiger partial charge in [0.05, 0.1) is 31.4 Å². The number of nitrogens with one attached hydrogen (secondary N) is 1. The Labute approximate surface area is 287 Å². The number of anilines is 2. The summed E-state index contributed by atoms with van der Waals surface area (Å²) in [5.41, 5.74) is 5.39. The van der Waals surface area contributed by atoms with Crippen LogP contribution in [0, 0.1) is 10.1 Å². The Hall–Kier alpha value is -6.73. The van der Waals surface area contributed by atoms with Gasteiger partial charge in [-0.1, -0.05) is 26.0 Å². The molecule has 0 aliphatic rings. The Morgan fingerprint density at radius 2 is 1.31 bits per heavy atom. The standard InChI is InChI=1S/C19H18N4O8.C12H15N3O5/c1-3-9-30-18(25)14-10-13-15(31-14)16(21-22(13)19(26)29-4-2)20-17(24)11-7-5-6-8-12(11)23(27)28;1-3-5-19-11(16)8-6-7-9(20-8)10(13)14-15(7)12(17)18-4-2/h5-8,10H,3-4,9H2,1-2H3,(H,20,21,24);6H,3-5H2,1-2H3,(H2,13,14). The summed E-state index contributed by atoms with van der Waals surface area (Å²) in [6, 6.07) is 7.91. The summed E-state index contributed by atoms with van der Waals surface area (Å²) in [6.45, 7) is 7.67. The highest BCUT2D eigenvalue weighted by Gasteiger charge is 2.27. The van der Waals surface area contributed by atoms with E-state index in [1.807, 2.05) is 13.8 Å². The van der Waals surface area contributed by atoms with Crippen LogP contribution in [0.4, 0.5) is 26.9 Å². The fraction of sp³-hybridized carbons (Fsp3) is 0.323. The van der Waals surface area contributed by atoms with Crippen molar-refractivity contribution in [3.63, 3.8) is 0 Å². The van der Waals surface area contributed by atoms with Crippen LogP contribution in [-0.2, 0) is 18.9 Å². The monoisotopic (exact) mass is 711 g/mol. The van der Waals surface area contributed by atoms with Gasteiger partial charge in [-0.2, -0.15) is 9.36 Å². The van der Waals surface area contributed by atoms with Crippen molar-refractivity contribution in [2.75, 3.05) is 37.5 Å². The lowest BCUT2D eigenvalue weighted by atomic mass is 10.1. The predicted molar refractivity (Wildman–Crippen MR) is 175 cm³/mol. The third-order valence-electron chi connectivity index (χ3n) is 6.47. The van der Waals surface area contributed by atoms with Gasteiger partial charge in [0.2, 0.25) is 11.5 Å². The predicted octanol–water partition coefficient (Wildman–Crippen LogP) is 5.14. The van der Waals surface area contributed by atoms with Crippen molar-refractivity contribution in [1.82, 2.24) is 19.6 Å². The van der Waals surface area contributed by atoms with Gasteiger partial charge in [-0.05, 0) is 32.8 Å². The van der Waals surface area contributed by atoms with E-state index in [1.165, 1.54) is 36.4 Å². The maximum Gasteiger partial charge on any atom is 0.435 e. The molecular weight excluding hydrogens is 678 g/mol. The normalized spacial score (nSPS) is 10.7. The number of ether oxygens (including phenoxy) is 4. The van der Waals surface area contributed by atoms with Gasteiger partial charge in [-0.15, -0.1) is 10.2 Å². The van der Waals surface area contributed by atoms with Crippen LogP contribution in [0.2, 0.25) is 0 Å². The molecule has 0 radical (unpaired) electrons. The van der Waals surface area contributed by atoms with E-state index in [0.717, 1.165) is 9.36 Å². The lowest BCUT2D eigenvalue weighted by molar-refractivity contribution is -0.385. The minimum atomic E-state index is -0.868. The van der Waals surface area contributed by atoms with Crippen molar-refractivity contribution in [2.45, 2.75) is 40.5 Å². The average Bonchev–Trinajstić information content (AvgIpc) is 3.89. The van der Waals surface area contributed by atoms with E-state index in [1.54, 1.807) is 13.8 Å². The number of esters is 2. The summed E-state index contributed by atoms with van der Waals surface area (Å²) in [4.78, 5) is 70.9. The van der Waals surface area contributed by atoms with Crippen LogP contribution >= 0.6 is 0 Å². The molecule has 0 spiro atoms. The molecule has 0 saturated heterocycles. The van der Waals surface area contributed by atoms with E-state index in [0.29, 0.717) is 12.8 Å². The highest BCUT2D eigenvalue weighted by atomic mass is 16.6. The van der Waals surface area contributed by atoms with Crippen LogP contribution in [0.1, 0.15) is 72.0 Å². The minimum Gasteiger partial charge on any atom is -0.460 e. The van der Waals surface area contributed by atoms with E-state index < -0.39 is 40.6 Å². The number of hydrogen-bond acceptors (Lipinski definition) is 16. The summed E-state index contributed by atoms with van der Waals surface area (Å²) in [5, 5.41) is 21.3. The zero-order valence-electron chi connectivity index (χ0n) is 27.8. The van der Waals surface area contributed by atoms with Gasteiger partial charge in [0, 0.05) is 18.2 Å². The Bertz CT molecular complexity index is 2090. The number of nitrogens with zero attached hydrogens (tertiary/aromatic N) is 5. The molecule has 20 nitrogen and oxygen atoms in total. The van der Waals surface area contributed by atoms with Gasteiger partial charge in [-0.25, -0.2) is 19.2 Å². The SMILES string of the molecule is CCCOC(=O)c1cc2c(o1)c(N)nn2C(=O)OCC.CCCOC(=O)c1cc2c(o1)c(NC(=O)c1ccccc1[N+](=O)[O-])nn2C(=O)OCC. The Morgan fingerprint density at radius 3 is 1.84 bits per heavy atom. The summed E-state index contributed by atoms with van der Waals surface area (Å²) in [5.74, 6) is -2.68. The van der Waals surface area contributed by atoms with Crippen LogP contribution in [0.15, 0.2) is 45.2 Å². The molecule has 0 aliphatic carbocycles. The molecule has 5 rings (SSSR count). The second-order valence-electron chi connectivity index (χ2n) is 10.1. The molecule has 5 aromatic rings.